The van der Waals surface area contributed by atoms with Gasteiger partial charge in [0.2, 0.25) is 0 Å². The van der Waals surface area contributed by atoms with Crippen molar-refractivity contribution in [2.45, 2.75) is 26.8 Å². The lowest BCUT2D eigenvalue weighted by molar-refractivity contribution is -0.139. The van der Waals surface area contributed by atoms with Gasteiger partial charge < -0.3 is 14.2 Å². The molecule has 37 heavy (non-hydrogen) atoms. The Morgan fingerprint density at radius 1 is 1.19 bits per heavy atom. The van der Waals surface area contributed by atoms with Gasteiger partial charge in [0.1, 0.15) is 0 Å². The highest BCUT2D eigenvalue weighted by Crippen LogP contribution is 2.37. The van der Waals surface area contributed by atoms with Gasteiger partial charge in [0.05, 0.1) is 40.6 Å². The fourth-order valence-electron chi connectivity index (χ4n) is 3.97. The molecular weight excluding hydrogens is 539 g/mol. The average molecular weight is 561 g/mol. The third-order valence-corrected chi connectivity index (χ3v) is 7.01. The van der Waals surface area contributed by atoms with E-state index in [-0.39, 0.29) is 34.3 Å². The van der Waals surface area contributed by atoms with E-state index in [9.17, 15) is 14.4 Å². The van der Waals surface area contributed by atoms with E-state index in [1.807, 2.05) is 0 Å². The van der Waals surface area contributed by atoms with Gasteiger partial charge in [-0.15, -0.1) is 0 Å². The quantitative estimate of drug-likeness (QED) is 0.333. The second kappa shape index (κ2) is 10.9. The molecule has 8 nitrogen and oxygen atoms in total. The van der Waals surface area contributed by atoms with E-state index in [2.05, 4.69) is 4.99 Å². The van der Waals surface area contributed by atoms with Crippen molar-refractivity contribution in [3.05, 3.63) is 88.5 Å². The second-order valence-corrected chi connectivity index (χ2v) is 9.83. The lowest BCUT2D eigenvalue weighted by Crippen LogP contribution is -2.39. The van der Waals surface area contributed by atoms with Gasteiger partial charge in [0, 0.05) is 11.9 Å². The smallest absolute Gasteiger partial charge is 0.338 e. The van der Waals surface area contributed by atoms with Crippen LogP contribution in [0.2, 0.25) is 10.0 Å². The number of carbonyl (C=O) groups excluding carboxylic acids is 2. The molecule has 0 amide bonds. The molecule has 2 aromatic carbocycles. The molecule has 1 aliphatic rings. The number of hydrogen-bond acceptors (Lipinski definition) is 8. The van der Waals surface area contributed by atoms with Crippen LogP contribution in [0, 0.1) is 0 Å². The number of hydrogen-bond donors (Lipinski definition) is 0. The van der Waals surface area contributed by atoms with E-state index >= 15 is 0 Å². The Hall–Kier alpha value is -3.40. The average Bonchev–Trinajstić information content (AvgIpc) is 3.14. The van der Waals surface area contributed by atoms with E-state index in [0.717, 1.165) is 0 Å². The Bertz CT molecular complexity index is 1610. The zero-order valence-corrected chi connectivity index (χ0v) is 22.7. The van der Waals surface area contributed by atoms with Crippen LogP contribution in [0.25, 0.3) is 6.08 Å². The highest BCUT2D eigenvalue weighted by Gasteiger charge is 2.33. The molecule has 3 aromatic rings. The molecule has 0 bridgehead atoms. The van der Waals surface area contributed by atoms with Crippen LogP contribution in [0.3, 0.4) is 0 Å². The number of thiazole rings is 1. The summed E-state index contributed by atoms with van der Waals surface area (Å²) in [5.41, 5.74) is 1.62. The minimum atomic E-state index is -0.751. The predicted octanol–water partition coefficient (Wildman–Crippen LogP) is 4.04. The number of allylic oxidation sites excluding steroid dienone is 1. The summed E-state index contributed by atoms with van der Waals surface area (Å²) in [4.78, 5) is 43.1. The minimum absolute atomic E-state index is 0.0905. The molecule has 1 aromatic heterocycles. The summed E-state index contributed by atoms with van der Waals surface area (Å²) in [7, 11) is 1.42. The maximum absolute atomic E-state index is 13.7. The molecule has 0 fully saturated rings. The van der Waals surface area contributed by atoms with E-state index in [1.54, 1.807) is 56.3 Å². The first kappa shape index (κ1) is 26.7. The van der Waals surface area contributed by atoms with Crippen molar-refractivity contribution in [2.75, 3.05) is 13.7 Å². The van der Waals surface area contributed by atoms with Crippen LogP contribution in [-0.4, -0.2) is 30.2 Å². The third kappa shape index (κ3) is 5.34. The summed E-state index contributed by atoms with van der Waals surface area (Å²) in [5, 5.41) is 0.672. The van der Waals surface area contributed by atoms with Crippen LogP contribution >= 0.6 is 34.5 Å². The van der Waals surface area contributed by atoms with Crippen molar-refractivity contribution in [1.29, 1.82) is 0 Å². The minimum Gasteiger partial charge on any atom is -0.493 e. The predicted molar refractivity (Wildman–Crippen MR) is 141 cm³/mol. The van der Waals surface area contributed by atoms with Gasteiger partial charge in [-0.2, -0.15) is 0 Å². The van der Waals surface area contributed by atoms with Crippen LogP contribution in [-0.2, 0) is 14.3 Å². The van der Waals surface area contributed by atoms with E-state index in [1.165, 1.54) is 29.9 Å². The molecule has 4 rings (SSSR count). The van der Waals surface area contributed by atoms with Crippen LogP contribution in [0.4, 0.5) is 0 Å². The molecule has 192 valence electrons. The van der Waals surface area contributed by atoms with Gasteiger partial charge in [-0.05, 0) is 55.3 Å². The van der Waals surface area contributed by atoms with Gasteiger partial charge in [0.25, 0.3) is 5.56 Å². The fourth-order valence-corrected chi connectivity index (χ4v) is 5.40. The number of nitrogens with zero attached hydrogens (tertiary/aromatic N) is 2. The van der Waals surface area contributed by atoms with Crippen LogP contribution in [0.15, 0.2) is 57.5 Å². The van der Waals surface area contributed by atoms with Gasteiger partial charge in [0.15, 0.2) is 16.3 Å². The molecule has 1 atom stereocenters. The zero-order chi connectivity index (χ0) is 26.9. The van der Waals surface area contributed by atoms with Crippen LogP contribution < -0.4 is 24.4 Å². The van der Waals surface area contributed by atoms with Crippen molar-refractivity contribution >= 4 is 52.6 Å². The number of benzene rings is 2. The first-order valence-corrected chi connectivity index (χ1v) is 12.7. The van der Waals surface area contributed by atoms with Gasteiger partial charge >= 0.3 is 11.9 Å². The lowest BCUT2D eigenvalue weighted by Gasteiger charge is -2.24. The molecule has 1 aliphatic heterocycles. The fraction of sp³-hybridized carbons (Fsp3) is 0.231. The Balaban J connectivity index is 1.91. The summed E-state index contributed by atoms with van der Waals surface area (Å²) in [5.74, 6) is -0.763. The molecular formula is C26H22Cl2N2O6S. The lowest BCUT2D eigenvalue weighted by atomic mass is 9.96. The number of halogens is 2. The molecule has 0 saturated heterocycles. The standard InChI is InChI=1S/C26H22Cl2N2O6S/c1-5-35-25(33)21-13(2)29-26-30(22(21)16-6-8-17(27)9-7-16)24(32)20(37-26)12-15-10-18(28)23(36-14(3)31)19(11-15)34-4/h6-12,22H,5H2,1-4H3/b20-12+. The zero-order valence-electron chi connectivity index (χ0n) is 20.3. The Morgan fingerprint density at radius 3 is 2.51 bits per heavy atom. The largest absolute Gasteiger partial charge is 0.493 e. The molecule has 2 heterocycles. The summed E-state index contributed by atoms with van der Waals surface area (Å²) < 4.78 is 17.6. The number of rotatable bonds is 6. The van der Waals surface area contributed by atoms with Crippen LogP contribution in [0.5, 0.6) is 11.5 Å². The van der Waals surface area contributed by atoms with Gasteiger partial charge in [-0.1, -0.05) is 46.7 Å². The molecule has 0 aliphatic carbocycles. The highest BCUT2D eigenvalue weighted by atomic mass is 35.5. The highest BCUT2D eigenvalue weighted by molar-refractivity contribution is 7.07. The van der Waals surface area contributed by atoms with Crippen molar-refractivity contribution in [3.63, 3.8) is 0 Å². The van der Waals surface area contributed by atoms with Crippen molar-refractivity contribution in [1.82, 2.24) is 4.57 Å². The number of aromatic nitrogens is 1. The topological polar surface area (TPSA) is 96.2 Å². The number of methoxy groups -OCH3 is 1. The molecule has 0 N–H and O–H groups in total. The number of fused-ring (bicyclic) bond motifs is 1. The molecule has 1 unspecified atom stereocenters. The summed E-state index contributed by atoms with van der Waals surface area (Å²) in [6, 6.07) is 9.34. The third-order valence-electron chi connectivity index (χ3n) is 5.50. The SMILES string of the molecule is CCOC(=O)C1=C(C)N=c2s/c(=C/c3cc(Cl)c(OC(C)=O)c(OC)c3)c(=O)n2C1c1ccc(Cl)cc1. The van der Waals surface area contributed by atoms with E-state index in [4.69, 9.17) is 37.4 Å². The first-order valence-electron chi connectivity index (χ1n) is 11.2. The number of ether oxygens (including phenoxy) is 3. The molecule has 11 heteroatoms. The van der Waals surface area contributed by atoms with Gasteiger partial charge in [-0.25, -0.2) is 9.79 Å². The Morgan fingerprint density at radius 2 is 1.89 bits per heavy atom. The van der Waals surface area contributed by atoms with Crippen molar-refractivity contribution in [2.24, 2.45) is 4.99 Å². The maximum Gasteiger partial charge on any atom is 0.338 e. The number of esters is 2. The second-order valence-electron chi connectivity index (χ2n) is 7.98. The molecule has 0 radical (unpaired) electrons. The van der Waals surface area contributed by atoms with Crippen molar-refractivity contribution < 1.29 is 23.8 Å². The normalized spacial score (nSPS) is 15.2. The first-order chi connectivity index (χ1) is 17.6. The van der Waals surface area contributed by atoms with Crippen LogP contribution in [0.1, 0.15) is 37.9 Å². The van der Waals surface area contributed by atoms with E-state index in [0.29, 0.717) is 31.2 Å². The van der Waals surface area contributed by atoms with E-state index < -0.39 is 18.0 Å². The summed E-state index contributed by atoms with van der Waals surface area (Å²) in [6.45, 7) is 4.87. The summed E-state index contributed by atoms with van der Waals surface area (Å²) in [6.07, 6.45) is 1.64. The Kier molecular flexibility index (Phi) is 7.87. The molecule has 0 saturated carbocycles. The van der Waals surface area contributed by atoms with Crippen molar-refractivity contribution in [3.8, 4) is 11.5 Å². The molecule has 0 spiro atoms. The van der Waals surface area contributed by atoms with Gasteiger partial charge in [-0.3, -0.25) is 14.2 Å². The maximum atomic E-state index is 13.7. The summed E-state index contributed by atoms with van der Waals surface area (Å²) >= 11 is 13.6. The Labute approximate surface area is 226 Å². The monoisotopic (exact) mass is 560 g/mol. The number of carbonyl (C=O) groups is 2.